The van der Waals surface area contributed by atoms with Gasteiger partial charge in [-0.2, -0.15) is 0 Å². The van der Waals surface area contributed by atoms with E-state index in [0.29, 0.717) is 10.6 Å². The second-order valence-corrected chi connectivity index (χ2v) is 5.96. The Morgan fingerprint density at radius 2 is 1.95 bits per heavy atom. The van der Waals surface area contributed by atoms with Crippen LogP contribution in [-0.4, -0.2) is 30.2 Å². The molecule has 0 atom stereocenters. The van der Waals surface area contributed by atoms with Crippen LogP contribution >= 0.6 is 11.8 Å². The normalized spacial score (nSPS) is 13.8. The zero-order chi connectivity index (χ0) is 15.2. The van der Waals surface area contributed by atoms with Crippen LogP contribution in [0.4, 0.5) is 8.78 Å². The molecular formula is C14H16F2N2O2S. The van der Waals surface area contributed by atoms with Gasteiger partial charge in [0, 0.05) is 23.1 Å². The largest absolute Gasteiger partial charge is 0.352 e. The van der Waals surface area contributed by atoms with Gasteiger partial charge in [-0.1, -0.05) is 0 Å². The molecule has 1 aromatic carbocycles. The first-order valence-corrected chi connectivity index (χ1v) is 7.67. The third-order valence-electron chi connectivity index (χ3n) is 2.88. The minimum atomic E-state index is -0.902. The van der Waals surface area contributed by atoms with E-state index in [1.807, 2.05) is 0 Å². The van der Waals surface area contributed by atoms with Crippen LogP contribution in [0.1, 0.15) is 19.3 Å². The molecule has 4 nitrogen and oxygen atoms in total. The summed E-state index contributed by atoms with van der Waals surface area (Å²) in [6, 6.07) is 3.89. The summed E-state index contributed by atoms with van der Waals surface area (Å²) in [6.45, 7) is -0.0226. The van der Waals surface area contributed by atoms with E-state index >= 15 is 0 Å². The van der Waals surface area contributed by atoms with Crippen molar-refractivity contribution in [2.24, 2.45) is 0 Å². The first-order valence-electron chi connectivity index (χ1n) is 6.68. The Kier molecular flexibility index (Phi) is 5.55. The SMILES string of the molecule is O=C(CCSc1ccc(F)c(F)c1)NCC(=O)NC1CC1. The van der Waals surface area contributed by atoms with Crippen LogP contribution in [0.5, 0.6) is 0 Å². The molecule has 0 saturated heterocycles. The molecule has 1 aromatic rings. The van der Waals surface area contributed by atoms with E-state index in [0.717, 1.165) is 25.0 Å². The lowest BCUT2D eigenvalue weighted by Gasteiger charge is -2.06. The number of carbonyl (C=O) groups is 2. The van der Waals surface area contributed by atoms with Gasteiger partial charge in [0.15, 0.2) is 11.6 Å². The molecule has 114 valence electrons. The number of carbonyl (C=O) groups excluding carboxylic acids is 2. The molecule has 2 N–H and O–H groups in total. The van der Waals surface area contributed by atoms with Crippen LogP contribution < -0.4 is 10.6 Å². The summed E-state index contributed by atoms with van der Waals surface area (Å²) in [5.41, 5.74) is 0. The fourth-order valence-corrected chi connectivity index (χ4v) is 2.48. The number of thioether (sulfide) groups is 1. The van der Waals surface area contributed by atoms with Gasteiger partial charge in [-0.05, 0) is 31.0 Å². The number of amides is 2. The van der Waals surface area contributed by atoms with Crippen molar-refractivity contribution in [3.63, 3.8) is 0 Å². The standard InChI is InChI=1S/C14H16F2N2O2S/c15-11-4-3-10(7-12(11)16)21-6-5-13(19)17-8-14(20)18-9-1-2-9/h3-4,7,9H,1-2,5-6,8H2,(H,17,19)(H,18,20). The van der Waals surface area contributed by atoms with Crippen molar-refractivity contribution in [1.29, 1.82) is 0 Å². The van der Waals surface area contributed by atoms with Gasteiger partial charge in [0.25, 0.3) is 0 Å². The quantitative estimate of drug-likeness (QED) is 0.755. The summed E-state index contributed by atoms with van der Waals surface area (Å²) in [4.78, 5) is 23.4. The van der Waals surface area contributed by atoms with Gasteiger partial charge >= 0.3 is 0 Å². The summed E-state index contributed by atoms with van der Waals surface area (Å²) in [7, 11) is 0. The number of benzene rings is 1. The van der Waals surface area contributed by atoms with E-state index in [9.17, 15) is 18.4 Å². The van der Waals surface area contributed by atoms with Gasteiger partial charge in [-0.3, -0.25) is 9.59 Å². The van der Waals surface area contributed by atoms with Crippen LogP contribution in [0.2, 0.25) is 0 Å². The molecule has 0 radical (unpaired) electrons. The van der Waals surface area contributed by atoms with E-state index < -0.39 is 11.6 Å². The molecule has 0 unspecified atom stereocenters. The van der Waals surface area contributed by atoms with Crippen molar-refractivity contribution >= 4 is 23.6 Å². The van der Waals surface area contributed by atoms with Gasteiger partial charge in [0.05, 0.1) is 6.54 Å². The van der Waals surface area contributed by atoms with Crippen LogP contribution in [0.15, 0.2) is 23.1 Å². The monoisotopic (exact) mass is 314 g/mol. The third-order valence-corrected chi connectivity index (χ3v) is 3.87. The van der Waals surface area contributed by atoms with Crippen molar-refractivity contribution in [1.82, 2.24) is 10.6 Å². The number of rotatable bonds is 7. The second-order valence-electron chi connectivity index (χ2n) is 4.79. The highest BCUT2D eigenvalue weighted by atomic mass is 32.2. The van der Waals surface area contributed by atoms with E-state index in [2.05, 4.69) is 10.6 Å². The Hall–Kier alpha value is -1.63. The molecule has 2 rings (SSSR count). The van der Waals surface area contributed by atoms with E-state index in [4.69, 9.17) is 0 Å². The second kappa shape index (κ2) is 7.40. The van der Waals surface area contributed by atoms with Gasteiger partial charge in [-0.15, -0.1) is 11.8 Å². The van der Waals surface area contributed by atoms with Gasteiger partial charge in [0.1, 0.15) is 0 Å². The van der Waals surface area contributed by atoms with Gasteiger partial charge in [0.2, 0.25) is 11.8 Å². The summed E-state index contributed by atoms with van der Waals surface area (Å²) in [5.74, 6) is -1.78. The van der Waals surface area contributed by atoms with Crippen LogP contribution in [0.25, 0.3) is 0 Å². The lowest BCUT2D eigenvalue weighted by atomic mass is 10.3. The highest BCUT2D eigenvalue weighted by molar-refractivity contribution is 7.99. The predicted octanol–water partition coefficient (Wildman–Crippen LogP) is 1.84. The fraction of sp³-hybridized carbons (Fsp3) is 0.429. The Labute approximate surface area is 125 Å². The number of hydrogen-bond acceptors (Lipinski definition) is 3. The molecule has 0 aliphatic heterocycles. The molecule has 0 bridgehead atoms. The smallest absolute Gasteiger partial charge is 0.239 e. The highest BCUT2D eigenvalue weighted by Crippen LogP contribution is 2.21. The van der Waals surface area contributed by atoms with Crippen molar-refractivity contribution in [3.05, 3.63) is 29.8 Å². The maximum absolute atomic E-state index is 13.0. The van der Waals surface area contributed by atoms with Gasteiger partial charge < -0.3 is 10.6 Å². The Bertz CT molecular complexity index is 536. The van der Waals surface area contributed by atoms with E-state index in [1.165, 1.54) is 17.8 Å². The molecule has 1 aliphatic rings. The molecule has 1 aliphatic carbocycles. The number of nitrogens with one attached hydrogen (secondary N) is 2. The Morgan fingerprint density at radius 1 is 1.19 bits per heavy atom. The van der Waals surface area contributed by atoms with Crippen molar-refractivity contribution in [3.8, 4) is 0 Å². The van der Waals surface area contributed by atoms with Crippen molar-refractivity contribution < 1.29 is 18.4 Å². The molecule has 21 heavy (non-hydrogen) atoms. The van der Waals surface area contributed by atoms with E-state index in [-0.39, 0.29) is 30.8 Å². The zero-order valence-electron chi connectivity index (χ0n) is 11.3. The molecule has 7 heteroatoms. The van der Waals surface area contributed by atoms with Gasteiger partial charge in [-0.25, -0.2) is 8.78 Å². The topological polar surface area (TPSA) is 58.2 Å². The third kappa shape index (κ3) is 5.71. The predicted molar refractivity (Wildman–Crippen MR) is 75.9 cm³/mol. The number of hydrogen-bond donors (Lipinski definition) is 2. The van der Waals surface area contributed by atoms with E-state index in [1.54, 1.807) is 0 Å². The molecule has 0 spiro atoms. The zero-order valence-corrected chi connectivity index (χ0v) is 12.1. The Balaban J connectivity index is 1.61. The summed E-state index contributed by atoms with van der Waals surface area (Å²) in [6.07, 6.45) is 2.22. The van der Waals surface area contributed by atoms with Crippen LogP contribution in [-0.2, 0) is 9.59 Å². The highest BCUT2D eigenvalue weighted by Gasteiger charge is 2.23. The first-order chi connectivity index (χ1) is 10.0. The molecule has 1 saturated carbocycles. The summed E-state index contributed by atoms with van der Waals surface area (Å²) in [5, 5.41) is 5.29. The molecule has 1 fully saturated rings. The lowest BCUT2D eigenvalue weighted by molar-refractivity contribution is -0.125. The lowest BCUT2D eigenvalue weighted by Crippen LogP contribution is -2.37. The van der Waals surface area contributed by atoms with Crippen molar-refractivity contribution in [2.75, 3.05) is 12.3 Å². The van der Waals surface area contributed by atoms with Crippen molar-refractivity contribution in [2.45, 2.75) is 30.2 Å². The average Bonchev–Trinajstić information content (AvgIpc) is 3.24. The maximum atomic E-state index is 13.0. The number of halogens is 2. The fourth-order valence-electron chi connectivity index (χ4n) is 1.60. The molecule has 2 amide bonds. The van der Waals surface area contributed by atoms with Crippen LogP contribution in [0.3, 0.4) is 0 Å². The molecular weight excluding hydrogens is 298 g/mol. The Morgan fingerprint density at radius 3 is 2.62 bits per heavy atom. The first kappa shape index (κ1) is 15.8. The van der Waals surface area contributed by atoms with Crippen LogP contribution in [0, 0.1) is 11.6 Å². The molecule has 0 aromatic heterocycles. The summed E-state index contributed by atoms with van der Waals surface area (Å²) >= 11 is 1.26. The molecule has 0 heterocycles. The maximum Gasteiger partial charge on any atom is 0.239 e. The minimum Gasteiger partial charge on any atom is -0.352 e. The minimum absolute atomic E-state index is 0.0226. The summed E-state index contributed by atoms with van der Waals surface area (Å²) < 4.78 is 25.7. The average molecular weight is 314 g/mol.